The predicted molar refractivity (Wildman–Crippen MR) is 64.7 cm³/mol. The molecule has 2 aromatic rings. The van der Waals surface area contributed by atoms with E-state index in [0.29, 0.717) is 0 Å². The summed E-state index contributed by atoms with van der Waals surface area (Å²) in [6, 6.07) is 4.28. The monoisotopic (exact) mass is 276 g/mol. The predicted octanol–water partition coefficient (Wildman–Crippen LogP) is 0.951. The molecular weight excluding hydrogens is 268 g/mol. The van der Waals surface area contributed by atoms with Gasteiger partial charge >= 0.3 is 11.9 Å². The van der Waals surface area contributed by atoms with Crippen molar-refractivity contribution in [3.63, 3.8) is 0 Å². The second-order valence-corrected chi connectivity index (χ2v) is 3.74. The summed E-state index contributed by atoms with van der Waals surface area (Å²) < 4.78 is 0. The zero-order chi connectivity index (χ0) is 14.9. The third-order valence-corrected chi connectivity index (χ3v) is 2.41. The maximum atomic E-state index is 10.8. The minimum absolute atomic E-state index is 0.314. The molecule has 8 heteroatoms. The first-order valence-electron chi connectivity index (χ1n) is 5.27. The lowest BCUT2D eigenvalue weighted by Crippen LogP contribution is -2.04. The van der Waals surface area contributed by atoms with Crippen LogP contribution in [0.3, 0.4) is 0 Å². The molecule has 102 valence electrons. The maximum absolute atomic E-state index is 10.8. The SMILES string of the molecule is O=C(O)c1ccc(O)c(-c2nc(C(=O)O)ccc2O)n1. The van der Waals surface area contributed by atoms with E-state index < -0.39 is 23.4 Å². The largest absolute Gasteiger partial charge is 0.506 e. The Morgan fingerprint density at radius 3 is 1.40 bits per heavy atom. The first-order chi connectivity index (χ1) is 9.40. The topological polar surface area (TPSA) is 141 Å². The quantitative estimate of drug-likeness (QED) is 0.649. The van der Waals surface area contributed by atoms with E-state index in [1.807, 2.05) is 0 Å². The number of nitrogens with zero attached hydrogens (tertiary/aromatic N) is 2. The van der Waals surface area contributed by atoms with Crippen LogP contribution >= 0.6 is 0 Å². The number of rotatable bonds is 3. The van der Waals surface area contributed by atoms with Crippen LogP contribution in [0, 0.1) is 0 Å². The second kappa shape index (κ2) is 4.84. The Kier molecular flexibility index (Phi) is 3.21. The van der Waals surface area contributed by atoms with Gasteiger partial charge in [0.1, 0.15) is 34.3 Å². The number of carbonyl (C=O) groups is 2. The van der Waals surface area contributed by atoms with Crippen molar-refractivity contribution < 1.29 is 30.0 Å². The van der Waals surface area contributed by atoms with E-state index in [1.54, 1.807) is 0 Å². The standard InChI is InChI=1S/C12H8N2O6/c15-7-3-1-5(11(17)18)13-9(7)10-8(16)4-2-6(14-10)12(19)20/h1-4,15-16H,(H,17,18)(H,19,20). The fraction of sp³-hybridized carbons (Fsp3) is 0. The third kappa shape index (κ3) is 2.34. The fourth-order valence-corrected chi connectivity index (χ4v) is 1.49. The van der Waals surface area contributed by atoms with Crippen molar-refractivity contribution in [1.29, 1.82) is 0 Å². The van der Waals surface area contributed by atoms with Crippen molar-refractivity contribution in [1.82, 2.24) is 9.97 Å². The molecule has 2 heterocycles. The van der Waals surface area contributed by atoms with Gasteiger partial charge in [-0.3, -0.25) is 0 Å². The Hall–Kier alpha value is -3.16. The van der Waals surface area contributed by atoms with Gasteiger partial charge in [0.15, 0.2) is 0 Å². The van der Waals surface area contributed by atoms with Crippen LogP contribution in [0.15, 0.2) is 24.3 Å². The molecule has 0 amide bonds. The fourth-order valence-electron chi connectivity index (χ4n) is 1.49. The van der Waals surface area contributed by atoms with Crippen LogP contribution in [0.2, 0.25) is 0 Å². The molecule has 0 bridgehead atoms. The molecule has 0 saturated carbocycles. The number of pyridine rings is 2. The molecule has 8 nitrogen and oxygen atoms in total. The molecule has 0 atom stereocenters. The molecule has 0 aliphatic rings. The summed E-state index contributed by atoms with van der Waals surface area (Å²) in [5, 5.41) is 37.0. The van der Waals surface area contributed by atoms with Gasteiger partial charge in [0.05, 0.1) is 0 Å². The van der Waals surface area contributed by atoms with Crippen molar-refractivity contribution in [2.24, 2.45) is 0 Å². The summed E-state index contributed by atoms with van der Waals surface area (Å²) in [5.74, 6) is -3.53. The van der Waals surface area contributed by atoms with Gasteiger partial charge < -0.3 is 20.4 Å². The Balaban J connectivity index is 2.67. The lowest BCUT2D eigenvalue weighted by Gasteiger charge is -2.07. The highest BCUT2D eigenvalue weighted by Crippen LogP contribution is 2.32. The van der Waals surface area contributed by atoms with Crippen LogP contribution < -0.4 is 0 Å². The molecule has 20 heavy (non-hydrogen) atoms. The number of aromatic hydroxyl groups is 2. The number of hydrogen-bond donors (Lipinski definition) is 4. The summed E-state index contributed by atoms with van der Waals surface area (Å²) in [7, 11) is 0. The number of carboxylic acid groups (broad SMARTS) is 2. The maximum Gasteiger partial charge on any atom is 0.354 e. The average molecular weight is 276 g/mol. The molecule has 0 aromatic carbocycles. The van der Waals surface area contributed by atoms with Crippen LogP contribution in [0.4, 0.5) is 0 Å². The van der Waals surface area contributed by atoms with Crippen LogP contribution in [0.25, 0.3) is 11.4 Å². The van der Waals surface area contributed by atoms with Gasteiger partial charge in [-0.1, -0.05) is 0 Å². The highest BCUT2D eigenvalue weighted by Gasteiger charge is 2.18. The molecule has 2 aromatic heterocycles. The zero-order valence-corrected chi connectivity index (χ0v) is 9.81. The number of hydrogen-bond acceptors (Lipinski definition) is 6. The summed E-state index contributed by atoms with van der Waals surface area (Å²) in [6.45, 7) is 0. The molecule has 0 fully saturated rings. The lowest BCUT2D eigenvalue weighted by atomic mass is 10.2. The van der Waals surface area contributed by atoms with Crippen LogP contribution in [-0.2, 0) is 0 Å². The van der Waals surface area contributed by atoms with E-state index in [2.05, 4.69) is 9.97 Å². The first-order valence-corrected chi connectivity index (χ1v) is 5.27. The highest BCUT2D eigenvalue weighted by atomic mass is 16.4. The molecule has 0 radical (unpaired) electrons. The molecule has 0 spiro atoms. The lowest BCUT2D eigenvalue weighted by molar-refractivity contribution is 0.0679. The number of aromatic carboxylic acids is 2. The van der Waals surface area contributed by atoms with E-state index in [0.717, 1.165) is 24.3 Å². The zero-order valence-electron chi connectivity index (χ0n) is 9.81. The molecule has 0 aliphatic carbocycles. The summed E-state index contributed by atoms with van der Waals surface area (Å²) in [5.41, 5.74) is -1.38. The Morgan fingerprint density at radius 2 is 1.10 bits per heavy atom. The van der Waals surface area contributed by atoms with Crippen molar-refractivity contribution >= 4 is 11.9 Å². The number of aromatic nitrogens is 2. The Labute approximate surface area is 111 Å². The number of carboxylic acids is 2. The highest BCUT2D eigenvalue weighted by molar-refractivity contribution is 5.88. The van der Waals surface area contributed by atoms with E-state index in [4.69, 9.17) is 10.2 Å². The van der Waals surface area contributed by atoms with Crippen LogP contribution in [0.5, 0.6) is 11.5 Å². The van der Waals surface area contributed by atoms with Crippen LogP contribution in [0.1, 0.15) is 21.0 Å². The summed E-state index contributed by atoms with van der Waals surface area (Å²) >= 11 is 0. The molecular formula is C12H8N2O6. The van der Waals surface area contributed by atoms with Crippen molar-refractivity contribution in [3.05, 3.63) is 35.7 Å². The molecule has 0 saturated heterocycles. The van der Waals surface area contributed by atoms with Gasteiger partial charge in [-0.2, -0.15) is 0 Å². The average Bonchev–Trinajstić information content (AvgIpc) is 2.39. The van der Waals surface area contributed by atoms with Gasteiger partial charge in [-0.25, -0.2) is 19.6 Å². The van der Waals surface area contributed by atoms with Gasteiger partial charge in [-0.05, 0) is 24.3 Å². The Morgan fingerprint density at radius 1 is 0.750 bits per heavy atom. The Bertz CT molecular complexity index is 652. The minimum Gasteiger partial charge on any atom is -0.506 e. The van der Waals surface area contributed by atoms with Crippen molar-refractivity contribution in [2.75, 3.05) is 0 Å². The van der Waals surface area contributed by atoms with Crippen LogP contribution in [-0.4, -0.2) is 42.3 Å². The molecule has 2 rings (SSSR count). The minimum atomic E-state index is -1.33. The molecule has 4 N–H and O–H groups in total. The summed E-state index contributed by atoms with van der Waals surface area (Å²) in [6.07, 6.45) is 0. The first kappa shape index (κ1) is 13.3. The van der Waals surface area contributed by atoms with Gasteiger partial charge in [0.25, 0.3) is 0 Å². The smallest absolute Gasteiger partial charge is 0.354 e. The van der Waals surface area contributed by atoms with Gasteiger partial charge in [0.2, 0.25) is 0 Å². The summed E-state index contributed by atoms with van der Waals surface area (Å²) in [4.78, 5) is 28.9. The normalized spacial score (nSPS) is 10.2. The molecule has 0 aliphatic heterocycles. The second-order valence-electron chi connectivity index (χ2n) is 3.74. The van der Waals surface area contributed by atoms with Gasteiger partial charge in [-0.15, -0.1) is 0 Å². The van der Waals surface area contributed by atoms with Gasteiger partial charge in [0, 0.05) is 0 Å². The molecule has 0 unspecified atom stereocenters. The van der Waals surface area contributed by atoms with E-state index in [-0.39, 0.29) is 22.8 Å². The van der Waals surface area contributed by atoms with Crippen molar-refractivity contribution in [3.8, 4) is 22.9 Å². The van der Waals surface area contributed by atoms with Crippen molar-refractivity contribution in [2.45, 2.75) is 0 Å². The van der Waals surface area contributed by atoms with E-state index >= 15 is 0 Å². The third-order valence-electron chi connectivity index (χ3n) is 2.41. The van der Waals surface area contributed by atoms with E-state index in [1.165, 1.54) is 0 Å². The van der Waals surface area contributed by atoms with E-state index in [9.17, 15) is 19.8 Å².